The average molecular weight is 309 g/mol. The molecule has 1 aliphatic rings. The Morgan fingerprint density at radius 2 is 1.95 bits per heavy atom. The van der Waals surface area contributed by atoms with Crippen molar-refractivity contribution in [2.24, 2.45) is 0 Å². The van der Waals surface area contributed by atoms with E-state index in [1.165, 1.54) is 0 Å². The Morgan fingerprint density at radius 3 is 2.68 bits per heavy atom. The van der Waals surface area contributed by atoms with Gasteiger partial charge in [-0.3, -0.25) is 10.1 Å². The van der Waals surface area contributed by atoms with Gasteiger partial charge in [0.05, 0.1) is 6.61 Å². The molecule has 1 N–H and O–H groups in total. The van der Waals surface area contributed by atoms with Crippen LogP contribution < -0.4 is 14.8 Å². The summed E-state index contributed by atoms with van der Waals surface area (Å²) in [6.07, 6.45) is -1.86. The Bertz CT molecular complexity index is 572. The van der Waals surface area contributed by atoms with E-state index in [1.54, 1.807) is 31.2 Å². The normalized spacial score (nSPS) is 15.6. The van der Waals surface area contributed by atoms with Crippen molar-refractivity contribution < 1.29 is 33.3 Å². The predicted molar refractivity (Wildman–Crippen MR) is 72.5 cm³/mol. The molecule has 22 heavy (non-hydrogen) atoms. The molecule has 2 rings (SSSR count). The molecule has 1 aromatic rings. The van der Waals surface area contributed by atoms with Crippen LogP contribution in [-0.4, -0.2) is 43.9 Å². The van der Waals surface area contributed by atoms with E-state index in [9.17, 15) is 14.4 Å². The van der Waals surface area contributed by atoms with Gasteiger partial charge in [0.1, 0.15) is 6.61 Å². The van der Waals surface area contributed by atoms with Crippen molar-refractivity contribution in [1.82, 2.24) is 5.32 Å². The maximum absolute atomic E-state index is 11.8. The van der Waals surface area contributed by atoms with Crippen LogP contribution in [0.15, 0.2) is 24.3 Å². The number of imide groups is 1. The van der Waals surface area contributed by atoms with Crippen LogP contribution in [0.5, 0.6) is 11.5 Å². The lowest BCUT2D eigenvalue weighted by Gasteiger charge is -2.24. The molecule has 0 fully saturated rings. The number of benzene rings is 1. The van der Waals surface area contributed by atoms with Crippen LogP contribution in [0.2, 0.25) is 0 Å². The van der Waals surface area contributed by atoms with E-state index < -0.39 is 30.7 Å². The molecule has 0 bridgehead atoms. The summed E-state index contributed by atoms with van der Waals surface area (Å²) in [5, 5.41) is 1.91. The molecule has 0 aliphatic carbocycles. The minimum atomic E-state index is -0.967. The SMILES string of the molecule is CCOC(=O)NC(=O)COC(=O)[C@@H]1COc2ccccc2O1. The number of carbonyl (C=O) groups excluding carboxylic acids is 3. The molecule has 1 aromatic carbocycles. The van der Waals surface area contributed by atoms with E-state index in [2.05, 4.69) is 4.74 Å². The topological polar surface area (TPSA) is 100 Å². The second-order valence-electron chi connectivity index (χ2n) is 4.24. The van der Waals surface area contributed by atoms with Crippen LogP contribution in [0.25, 0.3) is 0 Å². The van der Waals surface area contributed by atoms with Crippen molar-refractivity contribution in [2.45, 2.75) is 13.0 Å². The number of para-hydroxylation sites is 2. The molecule has 0 saturated heterocycles. The van der Waals surface area contributed by atoms with Crippen LogP contribution in [0.3, 0.4) is 0 Å². The molecule has 1 atom stereocenters. The lowest BCUT2D eigenvalue weighted by Crippen LogP contribution is -2.40. The Morgan fingerprint density at radius 1 is 1.23 bits per heavy atom. The molecule has 0 aromatic heterocycles. The van der Waals surface area contributed by atoms with Crippen molar-refractivity contribution in [3.63, 3.8) is 0 Å². The zero-order valence-electron chi connectivity index (χ0n) is 11.9. The van der Waals surface area contributed by atoms with E-state index in [0.717, 1.165) is 0 Å². The van der Waals surface area contributed by atoms with Crippen LogP contribution >= 0.6 is 0 Å². The highest BCUT2D eigenvalue weighted by atomic mass is 16.6. The van der Waals surface area contributed by atoms with Gasteiger partial charge >= 0.3 is 12.1 Å². The number of esters is 1. The quantitative estimate of drug-likeness (QED) is 0.815. The first-order valence-corrected chi connectivity index (χ1v) is 6.62. The monoisotopic (exact) mass is 309 g/mol. The molecular formula is C14H15NO7. The molecule has 1 heterocycles. The number of amides is 2. The molecule has 118 valence electrons. The second-order valence-corrected chi connectivity index (χ2v) is 4.24. The van der Waals surface area contributed by atoms with Gasteiger partial charge in [-0.2, -0.15) is 0 Å². The number of ether oxygens (including phenoxy) is 4. The molecule has 2 amide bonds. The first kappa shape index (κ1) is 15.6. The van der Waals surface area contributed by atoms with Crippen molar-refractivity contribution in [2.75, 3.05) is 19.8 Å². The zero-order chi connectivity index (χ0) is 15.9. The number of nitrogens with one attached hydrogen (secondary N) is 1. The van der Waals surface area contributed by atoms with Gasteiger partial charge in [0.25, 0.3) is 5.91 Å². The molecule has 1 aliphatic heterocycles. The Kier molecular flexibility index (Phi) is 5.18. The number of alkyl carbamates (subject to hydrolysis) is 1. The van der Waals surface area contributed by atoms with Gasteiger partial charge in [-0.15, -0.1) is 0 Å². The highest BCUT2D eigenvalue weighted by Crippen LogP contribution is 2.30. The van der Waals surface area contributed by atoms with Crippen LogP contribution in [-0.2, 0) is 19.1 Å². The van der Waals surface area contributed by atoms with Gasteiger partial charge in [0.2, 0.25) is 6.10 Å². The van der Waals surface area contributed by atoms with Crippen LogP contribution in [0.4, 0.5) is 4.79 Å². The van der Waals surface area contributed by atoms with Crippen LogP contribution in [0, 0.1) is 0 Å². The largest absolute Gasteiger partial charge is 0.485 e. The van der Waals surface area contributed by atoms with E-state index >= 15 is 0 Å². The van der Waals surface area contributed by atoms with E-state index in [1.807, 2.05) is 5.32 Å². The van der Waals surface area contributed by atoms with Gasteiger partial charge in [-0.25, -0.2) is 9.59 Å². The summed E-state index contributed by atoms with van der Waals surface area (Å²) < 4.78 is 20.1. The van der Waals surface area contributed by atoms with E-state index in [-0.39, 0.29) is 13.2 Å². The minimum Gasteiger partial charge on any atom is -0.485 e. The summed E-state index contributed by atoms with van der Waals surface area (Å²) in [5.41, 5.74) is 0. The standard InChI is InChI=1S/C14H15NO7/c1-2-19-14(18)15-12(16)8-21-13(17)11-7-20-9-5-3-4-6-10(9)22-11/h3-6,11H,2,7-8H2,1H3,(H,15,16,18)/t11-/m0/s1. The first-order chi connectivity index (χ1) is 10.6. The maximum Gasteiger partial charge on any atom is 0.413 e. The third-order valence-corrected chi connectivity index (χ3v) is 2.63. The van der Waals surface area contributed by atoms with Gasteiger partial charge in [-0.1, -0.05) is 12.1 Å². The molecule has 0 radical (unpaired) electrons. The lowest BCUT2D eigenvalue weighted by atomic mass is 10.2. The van der Waals surface area contributed by atoms with Crippen LogP contribution in [0.1, 0.15) is 6.92 Å². The van der Waals surface area contributed by atoms with Gasteiger partial charge in [0.15, 0.2) is 18.1 Å². The number of hydrogen-bond acceptors (Lipinski definition) is 7. The Hall–Kier alpha value is -2.77. The molecule has 8 nitrogen and oxygen atoms in total. The van der Waals surface area contributed by atoms with Crippen molar-refractivity contribution in [3.05, 3.63) is 24.3 Å². The fraction of sp³-hybridized carbons (Fsp3) is 0.357. The third-order valence-electron chi connectivity index (χ3n) is 2.63. The second kappa shape index (κ2) is 7.30. The zero-order valence-corrected chi connectivity index (χ0v) is 11.9. The fourth-order valence-electron chi connectivity index (χ4n) is 1.68. The predicted octanol–water partition coefficient (Wildman–Crippen LogP) is 0.642. The molecule has 0 spiro atoms. The highest BCUT2D eigenvalue weighted by molar-refractivity contribution is 5.93. The summed E-state index contributed by atoms with van der Waals surface area (Å²) in [4.78, 5) is 34.2. The molecular weight excluding hydrogens is 294 g/mol. The summed E-state index contributed by atoms with van der Waals surface area (Å²) in [5.74, 6) is -0.587. The van der Waals surface area contributed by atoms with Gasteiger partial charge < -0.3 is 18.9 Å². The highest BCUT2D eigenvalue weighted by Gasteiger charge is 2.29. The number of hydrogen-bond donors (Lipinski definition) is 1. The summed E-state index contributed by atoms with van der Waals surface area (Å²) >= 11 is 0. The average Bonchev–Trinajstić information content (AvgIpc) is 2.52. The number of rotatable bonds is 4. The molecule has 0 unspecified atom stereocenters. The summed E-state index contributed by atoms with van der Waals surface area (Å²) in [6, 6.07) is 6.88. The van der Waals surface area contributed by atoms with Gasteiger partial charge in [0, 0.05) is 0 Å². The molecule has 0 saturated carbocycles. The van der Waals surface area contributed by atoms with E-state index in [0.29, 0.717) is 11.5 Å². The third kappa shape index (κ3) is 4.11. The maximum atomic E-state index is 11.8. The molecule has 8 heteroatoms. The number of carbonyl (C=O) groups is 3. The Balaban J connectivity index is 1.79. The fourth-order valence-corrected chi connectivity index (χ4v) is 1.68. The Labute approximate surface area is 126 Å². The minimum absolute atomic E-state index is 0.0185. The van der Waals surface area contributed by atoms with Gasteiger partial charge in [-0.05, 0) is 19.1 Å². The summed E-state index contributed by atoms with van der Waals surface area (Å²) in [7, 11) is 0. The van der Waals surface area contributed by atoms with E-state index in [4.69, 9.17) is 14.2 Å². The first-order valence-electron chi connectivity index (χ1n) is 6.62. The smallest absolute Gasteiger partial charge is 0.413 e. The summed E-state index contributed by atoms with van der Waals surface area (Å²) in [6.45, 7) is 1.10. The van der Waals surface area contributed by atoms with Crippen molar-refractivity contribution in [3.8, 4) is 11.5 Å². The van der Waals surface area contributed by atoms with Crippen molar-refractivity contribution >= 4 is 18.0 Å². The lowest BCUT2D eigenvalue weighted by molar-refractivity contribution is -0.157. The van der Waals surface area contributed by atoms with Crippen molar-refractivity contribution in [1.29, 1.82) is 0 Å². The number of fused-ring (bicyclic) bond motifs is 1.